The molecule has 0 aliphatic heterocycles. The maximum absolute atomic E-state index is 13.2. The Bertz CT molecular complexity index is 474. The van der Waals surface area contributed by atoms with E-state index in [-0.39, 0.29) is 18.4 Å². The number of carbonyl (C=O) groups excluding carboxylic acids is 1. The van der Waals surface area contributed by atoms with E-state index in [0.29, 0.717) is 24.0 Å². The van der Waals surface area contributed by atoms with Gasteiger partial charge in [-0.2, -0.15) is 0 Å². The van der Waals surface area contributed by atoms with Gasteiger partial charge in [0.2, 0.25) is 0 Å². The van der Waals surface area contributed by atoms with Crippen LogP contribution in [0.3, 0.4) is 0 Å². The van der Waals surface area contributed by atoms with E-state index in [1.165, 1.54) is 6.07 Å². The van der Waals surface area contributed by atoms with E-state index >= 15 is 0 Å². The van der Waals surface area contributed by atoms with E-state index < -0.39 is 6.04 Å². The topological polar surface area (TPSA) is 47.6 Å². The second-order valence-electron chi connectivity index (χ2n) is 4.97. The smallest absolute Gasteiger partial charge is 0.326 e. The third-order valence-electron chi connectivity index (χ3n) is 3.13. The van der Waals surface area contributed by atoms with Gasteiger partial charge in [0.1, 0.15) is 24.2 Å². The van der Waals surface area contributed by atoms with Gasteiger partial charge in [0.05, 0.1) is 6.61 Å². The minimum absolute atomic E-state index is 0.181. The molecule has 110 valence electrons. The molecule has 1 aromatic carbocycles. The van der Waals surface area contributed by atoms with E-state index in [2.05, 4.69) is 5.32 Å². The van der Waals surface area contributed by atoms with E-state index in [1.54, 1.807) is 26.0 Å². The molecule has 20 heavy (non-hydrogen) atoms. The Balaban J connectivity index is 1.92. The molecule has 4 nitrogen and oxygen atoms in total. The van der Waals surface area contributed by atoms with Crippen LogP contribution in [0.25, 0.3) is 0 Å². The number of rotatable bonds is 7. The van der Waals surface area contributed by atoms with Crippen molar-refractivity contribution < 1.29 is 18.7 Å². The summed E-state index contributed by atoms with van der Waals surface area (Å²) in [6.07, 6.45) is 2.15. The Hall–Kier alpha value is -1.62. The van der Waals surface area contributed by atoms with Crippen molar-refractivity contribution in [3.05, 3.63) is 29.6 Å². The number of aryl methyl sites for hydroxylation is 1. The summed E-state index contributed by atoms with van der Waals surface area (Å²) in [5.74, 6) is -0.0237. The molecule has 1 atom stereocenters. The molecule has 0 amide bonds. The summed E-state index contributed by atoms with van der Waals surface area (Å²) in [5.41, 5.74) is 0.519. The summed E-state index contributed by atoms with van der Waals surface area (Å²) in [7, 11) is 0. The SMILES string of the molecule is CCOC(=O)C(COc1ccc(F)c(C)c1)NC1CC1. The van der Waals surface area contributed by atoms with Gasteiger partial charge in [0.25, 0.3) is 0 Å². The number of esters is 1. The minimum Gasteiger partial charge on any atom is -0.491 e. The number of ether oxygens (including phenoxy) is 2. The number of benzene rings is 1. The first-order valence-corrected chi connectivity index (χ1v) is 6.91. The molecule has 1 saturated carbocycles. The standard InChI is InChI=1S/C15H20FNO3/c1-3-19-15(18)14(17-11-4-5-11)9-20-12-6-7-13(16)10(2)8-12/h6-8,11,14,17H,3-5,9H2,1-2H3. The molecule has 1 fully saturated rings. The third-order valence-corrected chi connectivity index (χ3v) is 3.13. The van der Waals surface area contributed by atoms with Crippen molar-refractivity contribution in [3.8, 4) is 5.75 Å². The van der Waals surface area contributed by atoms with Gasteiger partial charge in [-0.25, -0.2) is 4.39 Å². The van der Waals surface area contributed by atoms with Crippen LogP contribution in [0.15, 0.2) is 18.2 Å². The summed E-state index contributed by atoms with van der Waals surface area (Å²) in [6.45, 7) is 3.97. The van der Waals surface area contributed by atoms with Crippen LogP contribution in [0, 0.1) is 12.7 Å². The van der Waals surface area contributed by atoms with Gasteiger partial charge < -0.3 is 9.47 Å². The summed E-state index contributed by atoms with van der Waals surface area (Å²) in [4.78, 5) is 11.8. The van der Waals surface area contributed by atoms with Gasteiger partial charge in [-0.3, -0.25) is 10.1 Å². The molecule has 0 heterocycles. The summed E-state index contributed by atoms with van der Waals surface area (Å²) >= 11 is 0. The first kappa shape index (κ1) is 14.8. The normalized spacial score (nSPS) is 15.8. The van der Waals surface area contributed by atoms with Crippen molar-refractivity contribution in [3.63, 3.8) is 0 Å². The summed E-state index contributed by atoms with van der Waals surface area (Å²) in [5, 5.41) is 3.20. The Labute approximate surface area is 118 Å². The highest BCUT2D eigenvalue weighted by Gasteiger charge is 2.29. The van der Waals surface area contributed by atoms with E-state index in [9.17, 15) is 9.18 Å². The molecular weight excluding hydrogens is 261 g/mol. The molecule has 0 saturated heterocycles. The summed E-state index contributed by atoms with van der Waals surface area (Å²) < 4.78 is 23.8. The van der Waals surface area contributed by atoms with Gasteiger partial charge in [-0.1, -0.05) is 0 Å². The largest absolute Gasteiger partial charge is 0.491 e. The van der Waals surface area contributed by atoms with Crippen molar-refractivity contribution in [2.45, 2.75) is 38.8 Å². The first-order chi connectivity index (χ1) is 9.60. The number of nitrogens with one attached hydrogen (secondary N) is 1. The lowest BCUT2D eigenvalue weighted by atomic mass is 10.2. The highest BCUT2D eigenvalue weighted by molar-refractivity contribution is 5.76. The fourth-order valence-electron chi connectivity index (χ4n) is 1.85. The fraction of sp³-hybridized carbons (Fsp3) is 0.533. The van der Waals surface area contributed by atoms with E-state index in [4.69, 9.17) is 9.47 Å². The van der Waals surface area contributed by atoms with Crippen molar-refractivity contribution in [1.82, 2.24) is 5.32 Å². The molecule has 0 aromatic heterocycles. The molecule has 1 unspecified atom stereocenters. The van der Waals surface area contributed by atoms with Crippen LogP contribution in [0.1, 0.15) is 25.3 Å². The van der Waals surface area contributed by atoms with Crippen molar-refractivity contribution in [1.29, 1.82) is 0 Å². The zero-order valence-corrected chi connectivity index (χ0v) is 11.8. The van der Waals surface area contributed by atoms with Gasteiger partial charge in [-0.15, -0.1) is 0 Å². The zero-order valence-electron chi connectivity index (χ0n) is 11.8. The van der Waals surface area contributed by atoms with Crippen LogP contribution in [-0.4, -0.2) is 31.3 Å². The van der Waals surface area contributed by atoms with Gasteiger partial charge in [0, 0.05) is 6.04 Å². The molecule has 1 N–H and O–H groups in total. The lowest BCUT2D eigenvalue weighted by Crippen LogP contribution is -2.43. The van der Waals surface area contributed by atoms with E-state index in [0.717, 1.165) is 12.8 Å². The van der Waals surface area contributed by atoms with Crippen LogP contribution < -0.4 is 10.1 Å². The first-order valence-electron chi connectivity index (χ1n) is 6.91. The number of halogens is 1. The van der Waals surface area contributed by atoms with Crippen molar-refractivity contribution in [2.75, 3.05) is 13.2 Å². The minimum atomic E-state index is -0.479. The molecule has 0 bridgehead atoms. The van der Waals surface area contributed by atoms with Gasteiger partial charge in [0.15, 0.2) is 0 Å². The van der Waals surface area contributed by atoms with Gasteiger partial charge in [-0.05, 0) is 50.5 Å². The van der Waals surface area contributed by atoms with Crippen LogP contribution in [0.2, 0.25) is 0 Å². The Morgan fingerprint density at radius 3 is 2.85 bits per heavy atom. The molecular formula is C15H20FNO3. The second kappa shape index (κ2) is 6.70. The van der Waals surface area contributed by atoms with Gasteiger partial charge >= 0.3 is 5.97 Å². The number of hydrogen-bond donors (Lipinski definition) is 1. The third kappa shape index (κ3) is 4.20. The molecule has 0 radical (unpaired) electrons. The highest BCUT2D eigenvalue weighted by Crippen LogP contribution is 2.20. The Kier molecular flexibility index (Phi) is 4.95. The molecule has 5 heteroatoms. The zero-order chi connectivity index (χ0) is 14.5. The van der Waals surface area contributed by atoms with Crippen LogP contribution >= 0.6 is 0 Å². The lowest BCUT2D eigenvalue weighted by Gasteiger charge is -2.17. The molecule has 1 aliphatic carbocycles. The van der Waals surface area contributed by atoms with Crippen molar-refractivity contribution in [2.24, 2.45) is 0 Å². The quantitative estimate of drug-likeness (QED) is 0.778. The monoisotopic (exact) mass is 281 g/mol. The van der Waals surface area contributed by atoms with Crippen LogP contribution in [-0.2, 0) is 9.53 Å². The van der Waals surface area contributed by atoms with E-state index in [1.807, 2.05) is 0 Å². The molecule has 2 rings (SSSR count). The predicted molar refractivity (Wildman–Crippen MR) is 73.2 cm³/mol. The molecule has 0 spiro atoms. The van der Waals surface area contributed by atoms with Crippen molar-refractivity contribution >= 4 is 5.97 Å². The number of hydrogen-bond acceptors (Lipinski definition) is 4. The average Bonchev–Trinajstić information content (AvgIpc) is 3.22. The number of carbonyl (C=O) groups is 1. The predicted octanol–water partition coefficient (Wildman–Crippen LogP) is 2.20. The Morgan fingerprint density at radius 2 is 2.25 bits per heavy atom. The molecule has 1 aliphatic rings. The van der Waals surface area contributed by atoms with Crippen LogP contribution in [0.4, 0.5) is 4.39 Å². The summed E-state index contributed by atoms with van der Waals surface area (Å²) in [6, 6.07) is 4.44. The average molecular weight is 281 g/mol. The lowest BCUT2D eigenvalue weighted by molar-refractivity contribution is -0.146. The van der Waals surface area contributed by atoms with Crippen LogP contribution in [0.5, 0.6) is 5.75 Å². The molecule has 1 aromatic rings. The highest BCUT2D eigenvalue weighted by atomic mass is 19.1. The maximum Gasteiger partial charge on any atom is 0.326 e. The fourth-order valence-corrected chi connectivity index (χ4v) is 1.85. The second-order valence-corrected chi connectivity index (χ2v) is 4.97. The Morgan fingerprint density at radius 1 is 1.50 bits per heavy atom. The maximum atomic E-state index is 13.2.